The standard InChI is InChI=1S/C18H28N4O2/c1-14(20-16(23)13-18(2,3)4)17(24)22-11-9-21(10-12-22)15-7-5-6-8-19-15/h5-8,14H,9-13H2,1-4H3,(H,20,23)/t14-/m0/s1. The summed E-state index contributed by atoms with van der Waals surface area (Å²) in [6.07, 6.45) is 2.19. The molecule has 1 aromatic rings. The topological polar surface area (TPSA) is 65.5 Å². The van der Waals surface area contributed by atoms with E-state index in [1.807, 2.05) is 43.9 Å². The SMILES string of the molecule is C[C@H](NC(=O)CC(C)(C)C)C(=O)N1CCN(c2ccccn2)CC1. The first-order valence-corrected chi connectivity index (χ1v) is 8.50. The average Bonchev–Trinajstić information content (AvgIpc) is 2.53. The molecule has 1 saturated heterocycles. The molecule has 24 heavy (non-hydrogen) atoms. The maximum Gasteiger partial charge on any atom is 0.244 e. The first-order valence-electron chi connectivity index (χ1n) is 8.50. The highest BCUT2D eigenvalue weighted by Gasteiger charge is 2.27. The molecule has 6 heteroatoms. The largest absolute Gasteiger partial charge is 0.353 e. The predicted octanol–water partition coefficient (Wildman–Crippen LogP) is 1.67. The van der Waals surface area contributed by atoms with Crippen LogP contribution in [0.1, 0.15) is 34.1 Å². The zero-order valence-corrected chi connectivity index (χ0v) is 15.1. The zero-order valence-electron chi connectivity index (χ0n) is 15.1. The van der Waals surface area contributed by atoms with E-state index in [2.05, 4.69) is 15.2 Å². The maximum atomic E-state index is 12.5. The van der Waals surface area contributed by atoms with Crippen LogP contribution in [0.25, 0.3) is 0 Å². The minimum absolute atomic E-state index is 0.0158. The molecule has 0 spiro atoms. The molecule has 0 bridgehead atoms. The third kappa shape index (κ3) is 5.22. The van der Waals surface area contributed by atoms with E-state index in [-0.39, 0.29) is 17.2 Å². The molecule has 0 radical (unpaired) electrons. The lowest BCUT2D eigenvalue weighted by atomic mass is 9.92. The lowest BCUT2D eigenvalue weighted by molar-refractivity contribution is -0.136. The Morgan fingerprint density at radius 2 is 1.88 bits per heavy atom. The number of rotatable bonds is 4. The van der Waals surface area contributed by atoms with Gasteiger partial charge in [-0.2, -0.15) is 0 Å². The van der Waals surface area contributed by atoms with Crippen molar-refractivity contribution in [3.05, 3.63) is 24.4 Å². The minimum Gasteiger partial charge on any atom is -0.353 e. The van der Waals surface area contributed by atoms with Gasteiger partial charge in [0, 0.05) is 38.8 Å². The van der Waals surface area contributed by atoms with Gasteiger partial charge in [-0.25, -0.2) is 4.98 Å². The van der Waals surface area contributed by atoms with Crippen LogP contribution in [0.5, 0.6) is 0 Å². The van der Waals surface area contributed by atoms with Gasteiger partial charge in [-0.15, -0.1) is 0 Å². The number of pyridine rings is 1. The van der Waals surface area contributed by atoms with Crippen molar-refractivity contribution in [2.24, 2.45) is 5.41 Å². The number of hydrogen-bond donors (Lipinski definition) is 1. The van der Waals surface area contributed by atoms with Gasteiger partial charge < -0.3 is 15.1 Å². The van der Waals surface area contributed by atoms with Crippen LogP contribution in [0.15, 0.2) is 24.4 Å². The molecule has 2 amide bonds. The Labute approximate surface area is 144 Å². The smallest absolute Gasteiger partial charge is 0.244 e. The molecule has 2 rings (SSSR count). The number of piperazine rings is 1. The van der Waals surface area contributed by atoms with Gasteiger partial charge in [0.15, 0.2) is 0 Å². The molecule has 132 valence electrons. The van der Waals surface area contributed by atoms with Crippen molar-refractivity contribution in [1.29, 1.82) is 0 Å². The normalized spacial score (nSPS) is 16.7. The van der Waals surface area contributed by atoms with E-state index in [1.165, 1.54) is 0 Å². The lowest BCUT2D eigenvalue weighted by Gasteiger charge is -2.36. The van der Waals surface area contributed by atoms with Crippen LogP contribution >= 0.6 is 0 Å². The monoisotopic (exact) mass is 332 g/mol. The molecule has 0 aliphatic carbocycles. The Kier molecular flexibility index (Phi) is 5.80. The van der Waals surface area contributed by atoms with Gasteiger partial charge in [-0.1, -0.05) is 26.8 Å². The quantitative estimate of drug-likeness (QED) is 0.911. The third-order valence-corrected chi connectivity index (χ3v) is 4.00. The maximum absolute atomic E-state index is 12.5. The fourth-order valence-electron chi connectivity index (χ4n) is 2.81. The van der Waals surface area contributed by atoms with Crippen LogP contribution in [0, 0.1) is 5.41 Å². The lowest BCUT2D eigenvalue weighted by Crippen LogP contribution is -2.54. The van der Waals surface area contributed by atoms with Gasteiger partial charge >= 0.3 is 0 Å². The molecular weight excluding hydrogens is 304 g/mol. The number of anilines is 1. The van der Waals surface area contributed by atoms with Gasteiger partial charge in [0.25, 0.3) is 0 Å². The second-order valence-electron chi connectivity index (χ2n) is 7.53. The highest BCUT2D eigenvalue weighted by atomic mass is 16.2. The van der Waals surface area contributed by atoms with Crippen LogP contribution in [0.4, 0.5) is 5.82 Å². The van der Waals surface area contributed by atoms with Crippen LogP contribution < -0.4 is 10.2 Å². The second-order valence-corrected chi connectivity index (χ2v) is 7.53. The fraction of sp³-hybridized carbons (Fsp3) is 0.611. The highest BCUT2D eigenvalue weighted by molar-refractivity contribution is 5.87. The fourth-order valence-corrected chi connectivity index (χ4v) is 2.81. The summed E-state index contributed by atoms with van der Waals surface area (Å²) < 4.78 is 0. The average molecular weight is 332 g/mol. The van der Waals surface area contributed by atoms with E-state index in [4.69, 9.17) is 0 Å². The van der Waals surface area contributed by atoms with E-state index >= 15 is 0 Å². The van der Waals surface area contributed by atoms with E-state index in [1.54, 1.807) is 13.1 Å². The predicted molar refractivity (Wildman–Crippen MR) is 94.7 cm³/mol. The first-order chi connectivity index (χ1) is 11.3. The summed E-state index contributed by atoms with van der Waals surface area (Å²) in [5.74, 6) is 0.851. The number of carbonyl (C=O) groups excluding carboxylic acids is 2. The van der Waals surface area contributed by atoms with Gasteiger partial charge in [-0.05, 0) is 24.5 Å². The number of nitrogens with zero attached hydrogens (tertiary/aromatic N) is 3. The number of amides is 2. The second kappa shape index (κ2) is 7.64. The molecular formula is C18H28N4O2. The summed E-state index contributed by atoms with van der Waals surface area (Å²) in [5.41, 5.74) is -0.0822. The number of carbonyl (C=O) groups is 2. The molecule has 2 heterocycles. The molecule has 6 nitrogen and oxygen atoms in total. The Hall–Kier alpha value is -2.11. The van der Waals surface area contributed by atoms with E-state index < -0.39 is 6.04 Å². The van der Waals surface area contributed by atoms with Gasteiger partial charge in [0.1, 0.15) is 11.9 Å². The summed E-state index contributed by atoms with van der Waals surface area (Å²) in [6.45, 7) is 10.6. The van der Waals surface area contributed by atoms with Crippen LogP contribution in [-0.4, -0.2) is 53.9 Å². The van der Waals surface area contributed by atoms with Crippen molar-refractivity contribution in [1.82, 2.24) is 15.2 Å². The Morgan fingerprint density at radius 1 is 1.21 bits per heavy atom. The molecule has 1 aromatic heterocycles. The molecule has 1 aliphatic rings. The van der Waals surface area contributed by atoms with Crippen molar-refractivity contribution in [3.63, 3.8) is 0 Å². The van der Waals surface area contributed by atoms with E-state index in [0.29, 0.717) is 19.5 Å². The molecule has 0 unspecified atom stereocenters. The third-order valence-electron chi connectivity index (χ3n) is 4.00. The summed E-state index contributed by atoms with van der Waals surface area (Å²) in [7, 11) is 0. The van der Waals surface area contributed by atoms with E-state index in [9.17, 15) is 9.59 Å². The molecule has 1 fully saturated rings. The minimum atomic E-state index is -0.485. The van der Waals surface area contributed by atoms with Crippen molar-refractivity contribution < 1.29 is 9.59 Å². The number of aromatic nitrogens is 1. The highest BCUT2D eigenvalue weighted by Crippen LogP contribution is 2.18. The van der Waals surface area contributed by atoms with Crippen molar-refractivity contribution in [2.45, 2.75) is 40.2 Å². The zero-order chi connectivity index (χ0) is 17.7. The molecule has 1 atom stereocenters. The van der Waals surface area contributed by atoms with Crippen LogP contribution in [0.2, 0.25) is 0 Å². The van der Waals surface area contributed by atoms with E-state index in [0.717, 1.165) is 18.9 Å². The Morgan fingerprint density at radius 3 is 2.42 bits per heavy atom. The van der Waals surface area contributed by atoms with Crippen molar-refractivity contribution in [2.75, 3.05) is 31.1 Å². The summed E-state index contributed by atoms with van der Waals surface area (Å²) in [6, 6.07) is 5.35. The van der Waals surface area contributed by atoms with Crippen molar-refractivity contribution in [3.8, 4) is 0 Å². The molecule has 0 aromatic carbocycles. The molecule has 0 saturated carbocycles. The number of nitrogens with one attached hydrogen (secondary N) is 1. The molecule has 1 N–H and O–H groups in total. The first kappa shape index (κ1) is 18.2. The van der Waals surface area contributed by atoms with Gasteiger partial charge in [-0.3, -0.25) is 9.59 Å². The van der Waals surface area contributed by atoms with Gasteiger partial charge in [0.2, 0.25) is 11.8 Å². The Bertz CT molecular complexity index is 560. The molecule has 1 aliphatic heterocycles. The Balaban J connectivity index is 1.82. The van der Waals surface area contributed by atoms with Crippen molar-refractivity contribution >= 4 is 17.6 Å². The summed E-state index contributed by atoms with van der Waals surface area (Å²) >= 11 is 0. The van der Waals surface area contributed by atoms with Gasteiger partial charge in [0.05, 0.1) is 0 Å². The summed E-state index contributed by atoms with van der Waals surface area (Å²) in [5, 5.41) is 2.82. The summed E-state index contributed by atoms with van der Waals surface area (Å²) in [4.78, 5) is 32.9. The van der Waals surface area contributed by atoms with Crippen LogP contribution in [0.3, 0.4) is 0 Å². The van der Waals surface area contributed by atoms with Crippen LogP contribution in [-0.2, 0) is 9.59 Å². The number of hydrogen-bond acceptors (Lipinski definition) is 4.